The zero-order chi connectivity index (χ0) is 19.1. The number of para-hydroxylation sites is 4. The highest BCUT2D eigenvalue weighted by atomic mass is 16.5. The maximum atomic E-state index is 5.62. The van der Waals surface area contributed by atoms with Crippen LogP contribution in [-0.4, -0.2) is 26.6 Å². The lowest BCUT2D eigenvalue weighted by atomic mass is 10.1. The number of aryl methyl sites for hydroxylation is 1. The lowest BCUT2D eigenvalue weighted by Gasteiger charge is -2.13. The van der Waals surface area contributed by atoms with Gasteiger partial charge in [-0.3, -0.25) is 4.57 Å². The van der Waals surface area contributed by atoms with Gasteiger partial charge in [0.25, 0.3) is 0 Å². The molecule has 5 aromatic rings. The molecular formula is C23H18N4O. The van der Waals surface area contributed by atoms with E-state index in [0.717, 1.165) is 33.9 Å². The zero-order valence-corrected chi connectivity index (χ0v) is 15.6. The zero-order valence-electron chi connectivity index (χ0n) is 15.6. The van der Waals surface area contributed by atoms with Crippen molar-refractivity contribution >= 4 is 22.3 Å². The molecule has 5 rings (SSSR count). The number of rotatable bonds is 3. The Morgan fingerprint density at radius 3 is 2.18 bits per heavy atom. The van der Waals surface area contributed by atoms with Gasteiger partial charge in [0.05, 0.1) is 23.8 Å². The second-order valence-corrected chi connectivity index (χ2v) is 6.67. The first-order valence-corrected chi connectivity index (χ1v) is 9.10. The first-order chi connectivity index (χ1) is 13.7. The quantitative estimate of drug-likeness (QED) is 0.453. The molecule has 0 atom stereocenters. The summed E-state index contributed by atoms with van der Waals surface area (Å²) in [6, 6.07) is 24.0. The number of methoxy groups -OCH3 is 1. The molecule has 136 valence electrons. The molecule has 2 heterocycles. The monoisotopic (exact) mass is 366 g/mol. The van der Waals surface area contributed by atoms with Crippen LogP contribution in [0.1, 0.15) is 5.56 Å². The number of hydrogen-bond donors (Lipinski definition) is 0. The Morgan fingerprint density at radius 1 is 0.750 bits per heavy atom. The largest absolute Gasteiger partial charge is 0.495 e. The van der Waals surface area contributed by atoms with E-state index < -0.39 is 0 Å². The Labute approximate surface area is 162 Å². The lowest BCUT2D eigenvalue weighted by molar-refractivity contribution is 0.413. The van der Waals surface area contributed by atoms with Crippen molar-refractivity contribution in [2.45, 2.75) is 6.92 Å². The third kappa shape index (κ3) is 2.60. The first kappa shape index (κ1) is 16.4. The average Bonchev–Trinajstić information content (AvgIpc) is 3.10. The third-order valence-electron chi connectivity index (χ3n) is 4.81. The van der Waals surface area contributed by atoms with Crippen LogP contribution >= 0.6 is 0 Å². The molecule has 0 radical (unpaired) electrons. The smallest absolute Gasteiger partial charge is 0.199 e. The van der Waals surface area contributed by atoms with Gasteiger partial charge in [0, 0.05) is 5.56 Å². The minimum absolute atomic E-state index is 0.611. The summed E-state index contributed by atoms with van der Waals surface area (Å²) >= 11 is 0. The number of fused-ring (bicyclic) bond motifs is 2. The summed E-state index contributed by atoms with van der Waals surface area (Å²) < 4.78 is 7.64. The molecule has 28 heavy (non-hydrogen) atoms. The molecule has 0 saturated heterocycles. The Morgan fingerprint density at radius 2 is 1.43 bits per heavy atom. The van der Waals surface area contributed by atoms with E-state index in [0.29, 0.717) is 11.3 Å². The molecular weight excluding hydrogens is 348 g/mol. The van der Waals surface area contributed by atoms with E-state index in [1.54, 1.807) is 7.11 Å². The number of ether oxygens (including phenoxy) is 1. The SMILES string of the molecule is COc1ccccc1-n1c(-c2ccc(C)cc2)nc2nc3ccccc3nc21. The Hall–Kier alpha value is -3.73. The molecule has 0 unspecified atom stereocenters. The van der Waals surface area contributed by atoms with Crippen LogP contribution in [0.25, 0.3) is 39.4 Å². The average molecular weight is 366 g/mol. The second kappa shape index (κ2) is 6.46. The van der Waals surface area contributed by atoms with Crippen molar-refractivity contribution in [3.8, 4) is 22.8 Å². The highest BCUT2D eigenvalue weighted by molar-refractivity contribution is 5.86. The van der Waals surface area contributed by atoms with Crippen LogP contribution in [0.3, 0.4) is 0 Å². The predicted octanol–water partition coefficient (Wildman–Crippen LogP) is 4.95. The number of benzene rings is 3. The van der Waals surface area contributed by atoms with Gasteiger partial charge in [0.1, 0.15) is 11.6 Å². The van der Waals surface area contributed by atoms with Crippen molar-refractivity contribution in [1.82, 2.24) is 19.5 Å². The van der Waals surface area contributed by atoms with Crippen LogP contribution in [0, 0.1) is 6.92 Å². The fourth-order valence-corrected chi connectivity index (χ4v) is 3.40. The fraction of sp³-hybridized carbons (Fsp3) is 0.0870. The highest BCUT2D eigenvalue weighted by Crippen LogP contribution is 2.32. The maximum absolute atomic E-state index is 5.62. The van der Waals surface area contributed by atoms with Gasteiger partial charge in [-0.2, -0.15) is 0 Å². The van der Waals surface area contributed by atoms with E-state index >= 15 is 0 Å². The summed E-state index contributed by atoms with van der Waals surface area (Å²) in [5, 5.41) is 0. The van der Waals surface area contributed by atoms with Crippen molar-refractivity contribution in [1.29, 1.82) is 0 Å². The van der Waals surface area contributed by atoms with Gasteiger partial charge in [0.15, 0.2) is 11.3 Å². The molecule has 0 fully saturated rings. The van der Waals surface area contributed by atoms with Gasteiger partial charge >= 0.3 is 0 Å². The maximum Gasteiger partial charge on any atom is 0.199 e. The van der Waals surface area contributed by atoms with Gasteiger partial charge < -0.3 is 4.74 Å². The van der Waals surface area contributed by atoms with Crippen LogP contribution in [-0.2, 0) is 0 Å². The fourth-order valence-electron chi connectivity index (χ4n) is 3.40. The van der Waals surface area contributed by atoms with E-state index in [4.69, 9.17) is 19.7 Å². The molecule has 2 aromatic heterocycles. The molecule has 0 saturated carbocycles. The van der Waals surface area contributed by atoms with Crippen LogP contribution in [0.2, 0.25) is 0 Å². The van der Waals surface area contributed by atoms with E-state index in [1.807, 2.05) is 53.1 Å². The van der Waals surface area contributed by atoms with Crippen LogP contribution < -0.4 is 4.74 Å². The summed E-state index contributed by atoms with van der Waals surface area (Å²) in [4.78, 5) is 14.5. The molecule has 5 heteroatoms. The highest BCUT2D eigenvalue weighted by Gasteiger charge is 2.19. The Kier molecular flexibility index (Phi) is 3.79. The summed E-state index contributed by atoms with van der Waals surface area (Å²) in [5.41, 5.74) is 6.06. The van der Waals surface area contributed by atoms with Crippen molar-refractivity contribution in [3.05, 3.63) is 78.4 Å². The molecule has 3 aromatic carbocycles. The summed E-state index contributed by atoms with van der Waals surface area (Å²) in [7, 11) is 1.67. The van der Waals surface area contributed by atoms with E-state index in [-0.39, 0.29) is 0 Å². The van der Waals surface area contributed by atoms with Gasteiger partial charge in [-0.05, 0) is 31.2 Å². The number of hydrogen-bond acceptors (Lipinski definition) is 4. The van der Waals surface area contributed by atoms with Crippen LogP contribution in [0.5, 0.6) is 5.75 Å². The second-order valence-electron chi connectivity index (χ2n) is 6.67. The molecule has 0 amide bonds. The van der Waals surface area contributed by atoms with Crippen molar-refractivity contribution < 1.29 is 4.74 Å². The van der Waals surface area contributed by atoms with Crippen molar-refractivity contribution in [2.24, 2.45) is 0 Å². The van der Waals surface area contributed by atoms with E-state index in [2.05, 4.69) is 31.2 Å². The van der Waals surface area contributed by atoms with Crippen molar-refractivity contribution in [2.75, 3.05) is 7.11 Å². The first-order valence-electron chi connectivity index (χ1n) is 9.10. The summed E-state index contributed by atoms with van der Waals surface area (Å²) in [6.45, 7) is 2.07. The number of nitrogens with zero attached hydrogens (tertiary/aromatic N) is 4. The summed E-state index contributed by atoms with van der Waals surface area (Å²) in [5.74, 6) is 1.54. The standard InChI is InChI=1S/C23H18N4O/c1-15-11-13-16(14-12-15)22-26-21-23(25-18-8-4-3-7-17(18)24-21)27(22)19-9-5-6-10-20(19)28-2/h3-14H,1-2H3. The number of imidazole rings is 1. The van der Waals surface area contributed by atoms with Gasteiger partial charge in [0.2, 0.25) is 0 Å². The van der Waals surface area contributed by atoms with Crippen LogP contribution in [0.15, 0.2) is 72.8 Å². The Balaban J connectivity index is 1.89. The predicted molar refractivity (Wildman–Crippen MR) is 111 cm³/mol. The molecule has 0 aliphatic heterocycles. The molecule has 5 nitrogen and oxygen atoms in total. The van der Waals surface area contributed by atoms with Crippen molar-refractivity contribution in [3.63, 3.8) is 0 Å². The Bertz CT molecular complexity index is 1310. The molecule has 0 bridgehead atoms. The molecule has 0 N–H and O–H groups in total. The topological polar surface area (TPSA) is 52.8 Å². The summed E-state index contributed by atoms with van der Waals surface area (Å²) in [6.07, 6.45) is 0. The van der Waals surface area contributed by atoms with Gasteiger partial charge in [-0.1, -0.05) is 54.1 Å². The van der Waals surface area contributed by atoms with E-state index in [1.165, 1.54) is 5.56 Å². The molecule has 0 spiro atoms. The molecule has 0 aliphatic rings. The van der Waals surface area contributed by atoms with Crippen LogP contribution in [0.4, 0.5) is 0 Å². The van der Waals surface area contributed by atoms with Gasteiger partial charge in [-0.15, -0.1) is 0 Å². The van der Waals surface area contributed by atoms with Gasteiger partial charge in [-0.25, -0.2) is 15.0 Å². The van der Waals surface area contributed by atoms with E-state index in [9.17, 15) is 0 Å². The minimum Gasteiger partial charge on any atom is -0.495 e. The lowest BCUT2D eigenvalue weighted by Crippen LogP contribution is -2.01. The third-order valence-corrected chi connectivity index (χ3v) is 4.81. The normalized spacial score (nSPS) is 11.2. The minimum atomic E-state index is 0.611. The number of aromatic nitrogens is 4. The molecule has 0 aliphatic carbocycles.